The summed E-state index contributed by atoms with van der Waals surface area (Å²) in [7, 11) is 0. The number of aromatic amines is 2. The molecule has 1 aromatic carbocycles. The number of benzene rings is 1. The molecule has 3 rings (SSSR count). The van der Waals surface area contributed by atoms with Gasteiger partial charge >= 0.3 is 5.69 Å². The molecule has 0 aliphatic heterocycles. The quantitative estimate of drug-likeness (QED) is 0.584. The second kappa shape index (κ2) is 7.45. The van der Waals surface area contributed by atoms with Crippen LogP contribution in [0, 0.1) is 0 Å². The predicted octanol–water partition coefficient (Wildman–Crippen LogP) is 1.70. The van der Waals surface area contributed by atoms with Gasteiger partial charge in [-0.15, -0.1) is 11.3 Å². The van der Waals surface area contributed by atoms with E-state index < -0.39 is 16.5 Å². The molecule has 128 valence electrons. The molecule has 1 atom stereocenters. The molecular formula is C15H13N5O3S2. The number of hydrogen-bond donors (Lipinski definition) is 3. The van der Waals surface area contributed by atoms with Gasteiger partial charge in [0, 0.05) is 10.9 Å². The van der Waals surface area contributed by atoms with Crippen molar-refractivity contribution >= 4 is 34.1 Å². The van der Waals surface area contributed by atoms with Gasteiger partial charge in [-0.05, 0) is 6.92 Å². The summed E-state index contributed by atoms with van der Waals surface area (Å²) in [5.74, 6) is -0.314. The molecule has 0 aliphatic carbocycles. The molecule has 25 heavy (non-hydrogen) atoms. The molecule has 1 unspecified atom stereocenters. The van der Waals surface area contributed by atoms with Crippen LogP contribution in [0.1, 0.15) is 6.92 Å². The highest BCUT2D eigenvalue weighted by Crippen LogP contribution is 2.25. The van der Waals surface area contributed by atoms with E-state index in [1.165, 1.54) is 11.3 Å². The average molecular weight is 375 g/mol. The lowest BCUT2D eigenvalue weighted by Crippen LogP contribution is -2.28. The Morgan fingerprint density at radius 3 is 2.76 bits per heavy atom. The number of nitrogens with one attached hydrogen (secondary N) is 3. The maximum absolute atomic E-state index is 12.3. The number of H-pyrrole nitrogens is 2. The van der Waals surface area contributed by atoms with Gasteiger partial charge in [-0.1, -0.05) is 42.1 Å². The average Bonchev–Trinajstić information content (AvgIpc) is 3.06. The standard InChI is InChI=1S/C15H13N5O3S2/c1-8(25-13-12(22)17-14(23)20-19-13)11(21)18-15-16-10(7-24-15)9-5-3-2-4-6-9/h2-8H,1H3,(H,16,18,21)(H2,17,20,22,23). The SMILES string of the molecule is CC(Sc1n[nH]c(=O)[nH]c1=O)C(=O)Nc1nc(-c2ccccc2)cs1. The van der Waals surface area contributed by atoms with Gasteiger partial charge in [-0.25, -0.2) is 14.9 Å². The van der Waals surface area contributed by atoms with Crippen LogP contribution in [0.5, 0.6) is 0 Å². The van der Waals surface area contributed by atoms with Crippen LogP contribution in [0.2, 0.25) is 0 Å². The Morgan fingerprint density at radius 1 is 1.28 bits per heavy atom. The van der Waals surface area contributed by atoms with Gasteiger partial charge in [0.25, 0.3) is 5.56 Å². The molecule has 1 amide bonds. The molecule has 0 bridgehead atoms. The Kier molecular flexibility index (Phi) is 5.10. The summed E-state index contributed by atoms with van der Waals surface area (Å²) in [4.78, 5) is 41.3. The monoisotopic (exact) mass is 375 g/mol. The van der Waals surface area contributed by atoms with Crippen LogP contribution in [0.15, 0.2) is 50.3 Å². The van der Waals surface area contributed by atoms with Gasteiger partial charge in [0.15, 0.2) is 10.2 Å². The molecule has 0 fully saturated rings. The van der Waals surface area contributed by atoms with E-state index in [4.69, 9.17) is 0 Å². The first-order valence-electron chi connectivity index (χ1n) is 7.20. The van der Waals surface area contributed by atoms with Crippen molar-refractivity contribution in [2.24, 2.45) is 0 Å². The summed E-state index contributed by atoms with van der Waals surface area (Å²) in [6, 6.07) is 9.63. The normalized spacial score (nSPS) is 11.9. The van der Waals surface area contributed by atoms with E-state index in [-0.39, 0.29) is 10.9 Å². The minimum Gasteiger partial charge on any atom is -0.301 e. The molecule has 0 saturated heterocycles. The number of thiazole rings is 1. The highest BCUT2D eigenvalue weighted by atomic mass is 32.2. The first-order chi connectivity index (χ1) is 12.0. The summed E-state index contributed by atoms with van der Waals surface area (Å²) in [5.41, 5.74) is 0.419. The van der Waals surface area contributed by atoms with Gasteiger partial charge in [0.1, 0.15) is 0 Å². The molecule has 0 spiro atoms. The predicted molar refractivity (Wildman–Crippen MR) is 97.0 cm³/mol. The van der Waals surface area contributed by atoms with E-state index in [1.807, 2.05) is 35.7 Å². The highest BCUT2D eigenvalue weighted by molar-refractivity contribution is 8.00. The van der Waals surface area contributed by atoms with Crippen LogP contribution in [-0.2, 0) is 4.79 Å². The number of anilines is 1. The highest BCUT2D eigenvalue weighted by Gasteiger charge is 2.19. The zero-order valence-corrected chi connectivity index (χ0v) is 14.6. The molecule has 3 N–H and O–H groups in total. The van der Waals surface area contributed by atoms with E-state index in [0.29, 0.717) is 5.13 Å². The minimum absolute atomic E-state index is 0.0198. The molecule has 0 saturated carbocycles. The van der Waals surface area contributed by atoms with Crippen molar-refractivity contribution in [2.75, 3.05) is 5.32 Å². The number of amides is 1. The van der Waals surface area contributed by atoms with Gasteiger partial charge < -0.3 is 5.32 Å². The largest absolute Gasteiger partial charge is 0.342 e. The number of thioether (sulfide) groups is 1. The molecule has 8 nitrogen and oxygen atoms in total. The van der Waals surface area contributed by atoms with Crippen LogP contribution in [0.25, 0.3) is 11.3 Å². The van der Waals surface area contributed by atoms with Crippen molar-refractivity contribution in [1.29, 1.82) is 0 Å². The molecule has 2 aromatic heterocycles. The van der Waals surface area contributed by atoms with E-state index in [1.54, 1.807) is 6.92 Å². The van der Waals surface area contributed by atoms with Gasteiger partial charge in [-0.3, -0.25) is 14.6 Å². The summed E-state index contributed by atoms with van der Waals surface area (Å²) in [5, 5.41) is 10.2. The Morgan fingerprint density at radius 2 is 2.04 bits per heavy atom. The van der Waals surface area contributed by atoms with E-state index in [9.17, 15) is 14.4 Å². The first-order valence-corrected chi connectivity index (χ1v) is 8.96. The number of rotatable bonds is 5. The summed E-state index contributed by atoms with van der Waals surface area (Å²) >= 11 is 2.27. The van der Waals surface area contributed by atoms with Crippen molar-refractivity contribution in [2.45, 2.75) is 17.2 Å². The third kappa shape index (κ3) is 4.22. The molecule has 3 aromatic rings. The number of hydrogen-bond acceptors (Lipinski definition) is 7. The minimum atomic E-state index is -0.692. The fourth-order valence-electron chi connectivity index (χ4n) is 1.92. The lowest BCUT2D eigenvalue weighted by molar-refractivity contribution is -0.115. The third-order valence-corrected chi connectivity index (χ3v) is 4.97. The number of carbonyl (C=O) groups excluding carboxylic acids is 1. The number of nitrogens with zero attached hydrogens (tertiary/aromatic N) is 2. The van der Waals surface area contributed by atoms with Crippen LogP contribution in [0.3, 0.4) is 0 Å². The van der Waals surface area contributed by atoms with Crippen molar-refractivity contribution in [3.05, 3.63) is 56.5 Å². The maximum atomic E-state index is 12.3. The van der Waals surface area contributed by atoms with E-state index >= 15 is 0 Å². The number of aromatic nitrogens is 4. The molecule has 0 aliphatic rings. The van der Waals surface area contributed by atoms with Crippen LogP contribution in [0.4, 0.5) is 5.13 Å². The molecular weight excluding hydrogens is 362 g/mol. The van der Waals surface area contributed by atoms with Crippen molar-refractivity contribution < 1.29 is 4.79 Å². The first kappa shape index (κ1) is 17.1. The van der Waals surface area contributed by atoms with Crippen molar-refractivity contribution in [1.82, 2.24) is 20.2 Å². The van der Waals surface area contributed by atoms with E-state index in [2.05, 4.69) is 25.5 Å². The lowest BCUT2D eigenvalue weighted by Gasteiger charge is -2.08. The zero-order valence-electron chi connectivity index (χ0n) is 13.0. The fraction of sp³-hybridized carbons (Fsp3) is 0.133. The van der Waals surface area contributed by atoms with Crippen LogP contribution in [-0.4, -0.2) is 31.3 Å². The zero-order chi connectivity index (χ0) is 17.8. The van der Waals surface area contributed by atoms with E-state index in [0.717, 1.165) is 23.0 Å². The molecule has 2 heterocycles. The van der Waals surface area contributed by atoms with Crippen molar-refractivity contribution in [3.8, 4) is 11.3 Å². The fourth-order valence-corrected chi connectivity index (χ4v) is 3.40. The Balaban J connectivity index is 1.67. The maximum Gasteiger partial charge on any atom is 0.342 e. The third-order valence-electron chi connectivity index (χ3n) is 3.14. The lowest BCUT2D eigenvalue weighted by atomic mass is 10.2. The van der Waals surface area contributed by atoms with Gasteiger partial charge in [0.05, 0.1) is 10.9 Å². The number of carbonyl (C=O) groups is 1. The Labute approximate surface area is 149 Å². The van der Waals surface area contributed by atoms with Crippen molar-refractivity contribution in [3.63, 3.8) is 0 Å². The summed E-state index contributed by atoms with van der Waals surface area (Å²) in [6.45, 7) is 1.64. The molecule has 10 heteroatoms. The second-order valence-corrected chi connectivity index (χ2v) is 7.15. The van der Waals surface area contributed by atoms with Gasteiger partial charge in [-0.2, -0.15) is 5.10 Å². The second-order valence-electron chi connectivity index (χ2n) is 4.97. The summed E-state index contributed by atoms with van der Waals surface area (Å²) < 4.78 is 0. The van der Waals surface area contributed by atoms with Gasteiger partial charge in [0.2, 0.25) is 5.91 Å². The Bertz CT molecular complexity index is 996. The molecule has 0 radical (unpaired) electrons. The smallest absolute Gasteiger partial charge is 0.301 e. The Hall–Kier alpha value is -2.72. The van der Waals surface area contributed by atoms with Crippen LogP contribution >= 0.6 is 23.1 Å². The topological polar surface area (TPSA) is 121 Å². The van der Waals surface area contributed by atoms with Crippen LogP contribution < -0.4 is 16.6 Å². The summed E-state index contributed by atoms with van der Waals surface area (Å²) in [6.07, 6.45) is 0.